The molecule has 0 aliphatic heterocycles. The van der Waals surface area contributed by atoms with Crippen molar-refractivity contribution in [2.45, 2.75) is 12.8 Å². The molecule has 3 heteroatoms. The van der Waals surface area contributed by atoms with Crippen LogP contribution >= 0.6 is 23.2 Å². The van der Waals surface area contributed by atoms with Gasteiger partial charge in [-0.25, -0.2) is 0 Å². The van der Waals surface area contributed by atoms with Crippen LogP contribution in [-0.2, 0) is 0 Å². The van der Waals surface area contributed by atoms with E-state index in [0.717, 1.165) is 12.8 Å². The average Bonchev–Trinajstić information content (AvgIpc) is 1.83. The van der Waals surface area contributed by atoms with E-state index in [1.807, 2.05) is 6.08 Å². The van der Waals surface area contributed by atoms with Crippen LogP contribution in [-0.4, -0.2) is 7.85 Å². The van der Waals surface area contributed by atoms with Gasteiger partial charge in [-0.3, -0.25) is 0 Å². The zero-order valence-electron chi connectivity index (χ0n) is 4.82. The van der Waals surface area contributed by atoms with Crippen molar-refractivity contribution in [2.75, 3.05) is 0 Å². The lowest BCUT2D eigenvalue weighted by atomic mass is 9.90. The monoisotopic (exact) mass is 158 g/mol. The highest BCUT2D eigenvalue weighted by Crippen LogP contribution is 2.27. The van der Waals surface area contributed by atoms with E-state index in [1.54, 1.807) is 0 Å². The zero-order chi connectivity index (χ0) is 6.85. The standard InChI is InChI=1S/C6H5BCl2/c7-6-4(8)2-1-3-5(6)9/h2H,1,3H2. The zero-order valence-corrected chi connectivity index (χ0v) is 6.34. The molecule has 0 saturated heterocycles. The number of hydrogen-bond acceptors (Lipinski definition) is 0. The van der Waals surface area contributed by atoms with Crippen molar-refractivity contribution in [3.05, 3.63) is 21.6 Å². The van der Waals surface area contributed by atoms with Crippen LogP contribution in [0.5, 0.6) is 0 Å². The van der Waals surface area contributed by atoms with Crippen LogP contribution in [0.4, 0.5) is 0 Å². The SMILES string of the molecule is [B]C1=C(Cl)CCC=C1Cl. The maximum atomic E-state index is 5.69. The molecule has 0 saturated carbocycles. The summed E-state index contributed by atoms with van der Waals surface area (Å²) in [6.07, 6.45) is 3.60. The molecule has 0 amide bonds. The third kappa shape index (κ3) is 1.53. The van der Waals surface area contributed by atoms with Gasteiger partial charge in [0.2, 0.25) is 0 Å². The van der Waals surface area contributed by atoms with Crippen molar-refractivity contribution in [3.8, 4) is 0 Å². The van der Waals surface area contributed by atoms with Gasteiger partial charge in [-0.05, 0) is 12.8 Å². The predicted molar refractivity (Wildman–Crippen MR) is 41.8 cm³/mol. The van der Waals surface area contributed by atoms with Crippen LogP contribution in [0, 0.1) is 0 Å². The Morgan fingerprint density at radius 2 is 2.11 bits per heavy atom. The topological polar surface area (TPSA) is 0 Å². The first kappa shape index (κ1) is 7.23. The molecule has 0 bridgehead atoms. The van der Waals surface area contributed by atoms with E-state index in [9.17, 15) is 0 Å². The Morgan fingerprint density at radius 3 is 2.56 bits per heavy atom. The van der Waals surface area contributed by atoms with E-state index in [4.69, 9.17) is 31.0 Å². The second kappa shape index (κ2) is 2.81. The first-order valence-corrected chi connectivity index (χ1v) is 3.47. The first-order valence-electron chi connectivity index (χ1n) is 2.72. The molecule has 9 heavy (non-hydrogen) atoms. The van der Waals surface area contributed by atoms with Gasteiger partial charge in [0.25, 0.3) is 0 Å². The Morgan fingerprint density at radius 1 is 1.44 bits per heavy atom. The van der Waals surface area contributed by atoms with Crippen molar-refractivity contribution in [1.82, 2.24) is 0 Å². The fraction of sp³-hybridized carbons (Fsp3) is 0.333. The van der Waals surface area contributed by atoms with Crippen LogP contribution in [0.25, 0.3) is 0 Å². The minimum absolute atomic E-state index is 0.532. The van der Waals surface area contributed by atoms with E-state index in [1.165, 1.54) is 0 Å². The Hall–Kier alpha value is 0.125. The minimum Gasteiger partial charge on any atom is -0.0897 e. The van der Waals surface area contributed by atoms with Gasteiger partial charge in [0, 0.05) is 10.1 Å². The molecule has 0 atom stereocenters. The van der Waals surface area contributed by atoms with Gasteiger partial charge >= 0.3 is 0 Å². The molecule has 1 rings (SSSR count). The van der Waals surface area contributed by atoms with Gasteiger partial charge in [0.15, 0.2) is 0 Å². The summed E-state index contributed by atoms with van der Waals surface area (Å²) in [6.45, 7) is 0. The van der Waals surface area contributed by atoms with Crippen LogP contribution in [0.2, 0.25) is 0 Å². The molecule has 1 aliphatic rings. The van der Waals surface area contributed by atoms with Crippen molar-refractivity contribution >= 4 is 31.0 Å². The Bertz CT molecular complexity index is 181. The fourth-order valence-electron chi connectivity index (χ4n) is 0.700. The molecule has 1 aliphatic carbocycles. The Kier molecular flexibility index (Phi) is 2.26. The van der Waals surface area contributed by atoms with E-state index < -0.39 is 0 Å². The van der Waals surface area contributed by atoms with Gasteiger partial charge < -0.3 is 0 Å². The molecule has 0 spiro atoms. The van der Waals surface area contributed by atoms with Gasteiger partial charge in [0.05, 0.1) is 0 Å². The van der Waals surface area contributed by atoms with Crippen molar-refractivity contribution in [1.29, 1.82) is 0 Å². The second-order valence-electron chi connectivity index (χ2n) is 1.91. The van der Waals surface area contributed by atoms with Crippen molar-refractivity contribution < 1.29 is 0 Å². The molecular formula is C6H5BCl2. The highest BCUT2D eigenvalue weighted by Gasteiger charge is 2.06. The van der Waals surface area contributed by atoms with Gasteiger partial charge in [-0.2, -0.15) is 0 Å². The van der Waals surface area contributed by atoms with E-state index in [0.29, 0.717) is 15.5 Å². The largest absolute Gasteiger partial charge is 0.117 e. The maximum Gasteiger partial charge on any atom is 0.117 e. The predicted octanol–water partition coefficient (Wildman–Crippen LogP) is 2.52. The molecule has 0 unspecified atom stereocenters. The van der Waals surface area contributed by atoms with Crippen LogP contribution in [0.3, 0.4) is 0 Å². The summed E-state index contributed by atoms with van der Waals surface area (Å²) in [5.41, 5.74) is 0.532. The quantitative estimate of drug-likeness (QED) is 0.476. The normalized spacial score (nSPS) is 20.0. The fourth-order valence-corrected chi connectivity index (χ4v) is 1.18. The number of halogens is 2. The van der Waals surface area contributed by atoms with E-state index in [-0.39, 0.29) is 0 Å². The number of rotatable bonds is 0. The van der Waals surface area contributed by atoms with Crippen LogP contribution in [0.15, 0.2) is 21.6 Å². The lowest BCUT2D eigenvalue weighted by molar-refractivity contribution is 1.01. The number of hydrogen-bond donors (Lipinski definition) is 0. The van der Waals surface area contributed by atoms with E-state index >= 15 is 0 Å². The molecule has 0 aromatic rings. The van der Waals surface area contributed by atoms with Crippen LogP contribution < -0.4 is 0 Å². The Labute approximate surface area is 65.9 Å². The molecule has 0 nitrogen and oxygen atoms in total. The van der Waals surface area contributed by atoms with Crippen molar-refractivity contribution in [3.63, 3.8) is 0 Å². The maximum absolute atomic E-state index is 5.69. The molecule has 2 radical (unpaired) electrons. The third-order valence-corrected chi connectivity index (χ3v) is 1.99. The summed E-state index contributed by atoms with van der Waals surface area (Å²) in [4.78, 5) is 0. The first-order chi connectivity index (χ1) is 4.22. The summed E-state index contributed by atoms with van der Waals surface area (Å²) in [5.74, 6) is 0. The molecule has 0 N–H and O–H groups in total. The summed E-state index contributed by atoms with van der Waals surface area (Å²) in [5, 5.41) is 1.27. The lowest BCUT2D eigenvalue weighted by Crippen LogP contribution is -1.92. The molecule has 0 heterocycles. The molecular weight excluding hydrogens is 154 g/mol. The summed E-state index contributed by atoms with van der Waals surface area (Å²) in [7, 11) is 5.47. The highest BCUT2D eigenvalue weighted by molar-refractivity contribution is 6.45. The highest BCUT2D eigenvalue weighted by atomic mass is 35.5. The lowest BCUT2D eigenvalue weighted by Gasteiger charge is -2.09. The second-order valence-corrected chi connectivity index (χ2v) is 2.77. The van der Waals surface area contributed by atoms with Gasteiger partial charge in [0.1, 0.15) is 7.85 Å². The van der Waals surface area contributed by atoms with Crippen LogP contribution in [0.1, 0.15) is 12.8 Å². The third-order valence-electron chi connectivity index (χ3n) is 1.24. The molecule has 0 aromatic carbocycles. The summed E-state index contributed by atoms with van der Waals surface area (Å²) >= 11 is 11.3. The molecule has 0 aromatic heterocycles. The van der Waals surface area contributed by atoms with E-state index in [2.05, 4.69) is 0 Å². The van der Waals surface area contributed by atoms with Gasteiger partial charge in [-0.15, -0.1) is 0 Å². The summed E-state index contributed by atoms with van der Waals surface area (Å²) < 4.78 is 0. The summed E-state index contributed by atoms with van der Waals surface area (Å²) in [6, 6.07) is 0. The molecule has 46 valence electrons. The molecule has 0 fully saturated rings. The number of allylic oxidation sites excluding steroid dienone is 4. The Balaban J connectivity index is 2.88. The van der Waals surface area contributed by atoms with Gasteiger partial charge in [-0.1, -0.05) is 34.8 Å². The van der Waals surface area contributed by atoms with Crippen molar-refractivity contribution in [2.24, 2.45) is 0 Å². The minimum atomic E-state index is 0.532. The average molecular weight is 159 g/mol. The smallest absolute Gasteiger partial charge is 0.0897 e.